The van der Waals surface area contributed by atoms with Crippen molar-refractivity contribution in [2.45, 2.75) is 39.3 Å². The molecule has 0 saturated heterocycles. The van der Waals surface area contributed by atoms with Crippen LogP contribution in [0.2, 0.25) is 0 Å². The van der Waals surface area contributed by atoms with Crippen molar-refractivity contribution in [1.29, 1.82) is 0 Å². The summed E-state index contributed by atoms with van der Waals surface area (Å²) >= 11 is 0. The SMILES string of the molecule is CN(C)CC(C)(C)CNC1c2ccccc2OC1(C)C. The lowest BCUT2D eigenvalue weighted by atomic mass is 9.89. The fourth-order valence-corrected chi connectivity index (χ4v) is 3.17. The molecule has 1 aliphatic rings. The Morgan fingerprint density at radius 2 is 1.90 bits per heavy atom. The summed E-state index contributed by atoms with van der Waals surface area (Å²) in [5.74, 6) is 1.01. The predicted octanol–water partition coefficient (Wildman–Crippen LogP) is 3.08. The van der Waals surface area contributed by atoms with Crippen LogP contribution in [0.4, 0.5) is 0 Å². The molecule has 0 saturated carbocycles. The Kier molecular flexibility index (Phi) is 4.12. The molecular weight excluding hydrogens is 248 g/mol. The molecule has 112 valence electrons. The van der Waals surface area contributed by atoms with Gasteiger partial charge in [0.2, 0.25) is 0 Å². The molecule has 0 fully saturated rings. The average Bonchev–Trinajstić information content (AvgIpc) is 2.54. The van der Waals surface area contributed by atoms with Gasteiger partial charge >= 0.3 is 0 Å². The molecule has 1 aliphatic heterocycles. The van der Waals surface area contributed by atoms with E-state index in [9.17, 15) is 0 Å². The van der Waals surface area contributed by atoms with Gasteiger partial charge in [0.05, 0.1) is 6.04 Å². The van der Waals surface area contributed by atoms with Gasteiger partial charge in [-0.25, -0.2) is 0 Å². The van der Waals surface area contributed by atoms with Crippen molar-refractivity contribution in [1.82, 2.24) is 10.2 Å². The smallest absolute Gasteiger partial charge is 0.125 e. The lowest BCUT2D eigenvalue weighted by Crippen LogP contribution is -2.44. The van der Waals surface area contributed by atoms with Gasteiger partial charge in [-0.1, -0.05) is 32.0 Å². The fourth-order valence-electron chi connectivity index (χ4n) is 3.17. The van der Waals surface area contributed by atoms with Crippen molar-refractivity contribution in [2.75, 3.05) is 27.2 Å². The van der Waals surface area contributed by atoms with E-state index in [1.807, 2.05) is 6.07 Å². The third kappa shape index (κ3) is 3.33. The van der Waals surface area contributed by atoms with Gasteiger partial charge in [0, 0.05) is 18.7 Å². The maximum atomic E-state index is 6.08. The monoisotopic (exact) mass is 276 g/mol. The van der Waals surface area contributed by atoms with Crippen molar-refractivity contribution >= 4 is 0 Å². The molecule has 0 aliphatic carbocycles. The summed E-state index contributed by atoms with van der Waals surface area (Å²) in [5, 5.41) is 3.72. The van der Waals surface area contributed by atoms with Gasteiger partial charge < -0.3 is 15.0 Å². The summed E-state index contributed by atoms with van der Waals surface area (Å²) in [5.41, 5.74) is 1.31. The van der Waals surface area contributed by atoms with E-state index >= 15 is 0 Å². The second-order valence-electron chi connectivity index (χ2n) is 7.46. The van der Waals surface area contributed by atoms with Crippen molar-refractivity contribution in [3.05, 3.63) is 29.8 Å². The Labute approximate surface area is 123 Å². The topological polar surface area (TPSA) is 24.5 Å². The first-order valence-electron chi connectivity index (χ1n) is 7.37. The number of benzene rings is 1. The summed E-state index contributed by atoms with van der Waals surface area (Å²) in [6, 6.07) is 8.60. The Balaban J connectivity index is 2.09. The molecular formula is C17H28N2O. The van der Waals surface area contributed by atoms with E-state index < -0.39 is 0 Å². The van der Waals surface area contributed by atoms with Crippen LogP contribution < -0.4 is 10.1 Å². The molecule has 3 heteroatoms. The van der Waals surface area contributed by atoms with E-state index in [4.69, 9.17) is 4.74 Å². The molecule has 1 heterocycles. The molecule has 0 amide bonds. The number of nitrogens with one attached hydrogen (secondary N) is 1. The molecule has 1 atom stereocenters. The van der Waals surface area contributed by atoms with Gasteiger partial charge in [-0.3, -0.25) is 0 Å². The standard InChI is InChI=1S/C17H28N2O/c1-16(2,12-19(5)6)11-18-15-13-9-7-8-10-14(13)20-17(15,3)4/h7-10,15,18H,11-12H2,1-6H3. The van der Waals surface area contributed by atoms with Crippen molar-refractivity contribution in [3.8, 4) is 5.75 Å². The Bertz CT molecular complexity index is 466. The number of rotatable bonds is 5. The molecule has 2 rings (SSSR count). The van der Waals surface area contributed by atoms with Crippen LogP contribution in [-0.4, -0.2) is 37.7 Å². The first kappa shape index (κ1) is 15.3. The van der Waals surface area contributed by atoms with E-state index in [-0.39, 0.29) is 17.1 Å². The second-order valence-corrected chi connectivity index (χ2v) is 7.46. The van der Waals surface area contributed by atoms with Crippen LogP contribution in [0.3, 0.4) is 0 Å². The van der Waals surface area contributed by atoms with Gasteiger partial charge in [-0.15, -0.1) is 0 Å². The lowest BCUT2D eigenvalue weighted by molar-refractivity contribution is 0.0891. The molecule has 0 spiro atoms. The van der Waals surface area contributed by atoms with Crippen LogP contribution in [0.1, 0.15) is 39.3 Å². The largest absolute Gasteiger partial charge is 0.486 e. The quantitative estimate of drug-likeness (QED) is 0.894. The Morgan fingerprint density at radius 1 is 1.25 bits per heavy atom. The number of ether oxygens (including phenoxy) is 1. The van der Waals surface area contributed by atoms with Gasteiger partial charge in [-0.05, 0) is 39.4 Å². The first-order valence-corrected chi connectivity index (χ1v) is 7.37. The molecule has 0 radical (unpaired) electrons. The molecule has 1 aromatic carbocycles. The molecule has 20 heavy (non-hydrogen) atoms. The van der Waals surface area contributed by atoms with E-state index in [1.54, 1.807) is 0 Å². The minimum absolute atomic E-state index is 0.197. The summed E-state index contributed by atoms with van der Waals surface area (Å²) in [7, 11) is 4.25. The lowest BCUT2D eigenvalue weighted by Gasteiger charge is -2.33. The number of hydrogen-bond acceptors (Lipinski definition) is 3. The summed E-state index contributed by atoms with van der Waals surface area (Å²) in [4.78, 5) is 2.24. The normalized spacial score (nSPS) is 20.9. The van der Waals surface area contributed by atoms with Gasteiger partial charge in [0.1, 0.15) is 11.4 Å². The highest BCUT2D eigenvalue weighted by molar-refractivity contribution is 5.42. The van der Waals surface area contributed by atoms with Crippen LogP contribution >= 0.6 is 0 Å². The number of para-hydroxylation sites is 1. The van der Waals surface area contributed by atoms with Crippen LogP contribution in [0.15, 0.2) is 24.3 Å². The zero-order valence-corrected chi connectivity index (χ0v) is 13.7. The highest BCUT2D eigenvalue weighted by Gasteiger charge is 2.41. The molecule has 0 aromatic heterocycles. The van der Waals surface area contributed by atoms with Gasteiger partial charge in [0.15, 0.2) is 0 Å². The predicted molar refractivity (Wildman–Crippen MR) is 84.2 cm³/mol. The Hall–Kier alpha value is -1.06. The summed E-state index contributed by atoms with van der Waals surface area (Å²) in [6.45, 7) is 10.9. The van der Waals surface area contributed by atoms with Crippen LogP contribution in [0, 0.1) is 5.41 Å². The fraction of sp³-hybridized carbons (Fsp3) is 0.647. The molecule has 1 N–H and O–H groups in total. The van der Waals surface area contributed by atoms with Crippen molar-refractivity contribution < 1.29 is 4.74 Å². The molecule has 1 unspecified atom stereocenters. The van der Waals surface area contributed by atoms with Crippen LogP contribution in [0.25, 0.3) is 0 Å². The Morgan fingerprint density at radius 3 is 2.55 bits per heavy atom. The molecule has 3 nitrogen and oxygen atoms in total. The van der Waals surface area contributed by atoms with Gasteiger partial charge in [-0.2, -0.15) is 0 Å². The van der Waals surface area contributed by atoms with E-state index in [1.165, 1.54) is 5.56 Å². The molecule has 0 bridgehead atoms. The minimum Gasteiger partial charge on any atom is -0.486 e. The van der Waals surface area contributed by atoms with E-state index in [2.05, 4.69) is 70.2 Å². The van der Waals surface area contributed by atoms with E-state index in [0.717, 1.165) is 18.8 Å². The maximum Gasteiger partial charge on any atom is 0.125 e. The maximum absolute atomic E-state index is 6.08. The van der Waals surface area contributed by atoms with Crippen LogP contribution in [0.5, 0.6) is 5.75 Å². The third-order valence-corrected chi connectivity index (χ3v) is 3.83. The zero-order chi connectivity index (χ0) is 15.0. The third-order valence-electron chi connectivity index (χ3n) is 3.83. The van der Waals surface area contributed by atoms with Crippen LogP contribution in [-0.2, 0) is 0 Å². The van der Waals surface area contributed by atoms with E-state index in [0.29, 0.717) is 0 Å². The van der Waals surface area contributed by atoms with Crippen molar-refractivity contribution in [2.24, 2.45) is 5.41 Å². The highest BCUT2D eigenvalue weighted by Crippen LogP contribution is 2.42. The van der Waals surface area contributed by atoms with Gasteiger partial charge in [0.25, 0.3) is 0 Å². The highest BCUT2D eigenvalue weighted by atomic mass is 16.5. The van der Waals surface area contributed by atoms with Crippen molar-refractivity contribution in [3.63, 3.8) is 0 Å². The first-order chi connectivity index (χ1) is 9.21. The zero-order valence-electron chi connectivity index (χ0n) is 13.7. The molecule has 1 aromatic rings. The number of nitrogens with zero attached hydrogens (tertiary/aromatic N) is 1. The number of fused-ring (bicyclic) bond motifs is 1. The number of hydrogen-bond donors (Lipinski definition) is 1. The average molecular weight is 276 g/mol. The summed E-state index contributed by atoms with van der Waals surface area (Å²) in [6.07, 6.45) is 0. The summed E-state index contributed by atoms with van der Waals surface area (Å²) < 4.78 is 6.08. The second kappa shape index (κ2) is 5.38. The minimum atomic E-state index is -0.197.